The van der Waals surface area contributed by atoms with Crippen molar-refractivity contribution in [3.63, 3.8) is 0 Å². The number of anilines is 3. The normalized spacial score (nSPS) is 13.3. The third kappa shape index (κ3) is 4.14. The summed E-state index contributed by atoms with van der Waals surface area (Å²) < 4.78 is 7.16. The fourth-order valence-corrected chi connectivity index (χ4v) is 8.22. The van der Waals surface area contributed by atoms with E-state index in [9.17, 15) is 0 Å². The van der Waals surface area contributed by atoms with Crippen LogP contribution in [0.4, 0.5) is 17.1 Å². The Bertz CT molecular complexity index is 2750. The standard InChI is InChI=1S/C47H33NO/c1-47(2)41-21-11-10-19-37(41)38-26-25-35(29-42(38)47)48(34-16-4-3-5-17-34)43-22-12-20-39-40-28-32-15-8-9-18-36(32)44(46(40)49-45(39)43)33-24-23-30-13-6-7-14-31(30)27-33/h3-29H,1-2H3. The van der Waals surface area contributed by atoms with Crippen LogP contribution in [0, 0.1) is 0 Å². The molecule has 1 aliphatic rings. The Morgan fingerprint density at radius 2 is 1.16 bits per heavy atom. The van der Waals surface area contributed by atoms with Crippen LogP contribution in [-0.2, 0) is 5.41 Å². The fraction of sp³-hybridized carbons (Fsp3) is 0.0638. The smallest absolute Gasteiger partial charge is 0.159 e. The van der Waals surface area contributed by atoms with Crippen molar-refractivity contribution in [3.8, 4) is 22.3 Å². The zero-order valence-corrected chi connectivity index (χ0v) is 27.4. The van der Waals surface area contributed by atoms with Crippen molar-refractivity contribution in [1.82, 2.24) is 0 Å². The highest BCUT2D eigenvalue weighted by molar-refractivity contribution is 6.20. The maximum Gasteiger partial charge on any atom is 0.159 e. The van der Waals surface area contributed by atoms with Crippen LogP contribution in [0.5, 0.6) is 0 Å². The van der Waals surface area contributed by atoms with Crippen molar-refractivity contribution in [1.29, 1.82) is 0 Å². The van der Waals surface area contributed by atoms with Crippen LogP contribution in [0.1, 0.15) is 25.0 Å². The van der Waals surface area contributed by atoms with Gasteiger partial charge in [-0.15, -0.1) is 0 Å². The van der Waals surface area contributed by atoms with E-state index in [1.807, 2.05) is 0 Å². The molecule has 1 heterocycles. The van der Waals surface area contributed by atoms with Gasteiger partial charge in [0.05, 0.1) is 5.69 Å². The van der Waals surface area contributed by atoms with Gasteiger partial charge in [-0.25, -0.2) is 0 Å². The fourth-order valence-electron chi connectivity index (χ4n) is 8.22. The predicted molar refractivity (Wildman–Crippen MR) is 206 cm³/mol. The molecule has 0 aliphatic heterocycles. The Labute approximate surface area is 285 Å². The molecular weight excluding hydrogens is 595 g/mol. The van der Waals surface area contributed by atoms with Gasteiger partial charge >= 0.3 is 0 Å². The molecule has 8 aromatic carbocycles. The van der Waals surface area contributed by atoms with E-state index in [-0.39, 0.29) is 5.41 Å². The molecule has 0 unspecified atom stereocenters. The second-order valence-electron chi connectivity index (χ2n) is 13.7. The number of rotatable bonds is 4. The summed E-state index contributed by atoms with van der Waals surface area (Å²) in [5.74, 6) is 0. The number of fused-ring (bicyclic) bond motifs is 8. The molecule has 0 amide bonds. The lowest BCUT2D eigenvalue weighted by Crippen LogP contribution is -2.16. The topological polar surface area (TPSA) is 16.4 Å². The molecule has 1 aliphatic carbocycles. The lowest BCUT2D eigenvalue weighted by atomic mass is 9.82. The third-order valence-electron chi connectivity index (χ3n) is 10.6. The minimum atomic E-state index is -0.107. The SMILES string of the molecule is CC1(C)c2ccccc2-c2ccc(N(c3ccccc3)c3cccc4c3oc3c(-c5ccc6ccccc6c5)c5ccccc5cc34)cc21. The Morgan fingerprint density at radius 3 is 2.04 bits per heavy atom. The van der Waals surface area contributed by atoms with E-state index in [1.165, 1.54) is 43.8 Å². The van der Waals surface area contributed by atoms with Gasteiger partial charge in [-0.05, 0) is 91.8 Å². The molecule has 232 valence electrons. The van der Waals surface area contributed by atoms with E-state index in [1.54, 1.807) is 0 Å². The van der Waals surface area contributed by atoms with Crippen molar-refractivity contribution in [2.45, 2.75) is 19.3 Å². The van der Waals surface area contributed by atoms with Gasteiger partial charge in [-0.3, -0.25) is 0 Å². The first-order valence-corrected chi connectivity index (χ1v) is 17.0. The molecule has 2 heteroatoms. The predicted octanol–water partition coefficient (Wildman–Crippen LogP) is 13.3. The first kappa shape index (κ1) is 27.9. The average molecular weight is 628 g/mol. The summed E-state index contributed by atoms with van der Waals surface area (Å²) >= 11 is 0. The van der Waals surface area contributed by atoms with Gasteiger partial charge < -0.3 is 9.32 Å². The van der Waals surface area contributed by atoms with Gasteiger partial charge in [0.25, 0.3) is 0 Å². The molecule has 0 saturated heterocycles. The summed E-state index contributed by atoms with van der Waals surface area (Å²) in [5.41, 5.74) is 12.5. The summed E-state index contributed by atoms with van der Waals surface area (Å²) in [6.45, 7) is 4.68. The molecule has 0 bridgehead atoms. The van der Waals surface area contributed by atoms with Crippen LogP contribution < -0.4 is 4.90 Å². The minimum absolute atomic E-state index is 0.107. The number of nitrogens with zero attached hydrogens (tertiary/aromatic N) is 1. The number of para-hydroxylation sites is 2. The molecule has 2 nitrogen and oxygen atoms in total. The molecule has 10 rings (SSSR count). The molecule has 0 radical (unpaired) electrons. The Hall–Kier alpha value is -6.12. The van der Waals surface area contributed by atoms with Crippen molar-refractivity contribution in [2.75, 3.05) is 4.90 Å². The lowest BCUT2D eigenvalue weighted by Gasteiger charge is -2.28. The molecule has 49 heavy (non-hydrogen) atoms. The van der Waals surface area contributed by atoms with E-state index in [0.717, 1.165) is 50.1 Å². The molecule has 9 aromatic rings. The summed E-state index contributed by atoms with van der Waals surface area (Å²) in [5, 5.41) is 7.06. The zero-order chi connectivity index (χ0) is 32.7. The number of hydrogen-bond acceptors (Lipinski definition) is 2. The lowest BCUT2D eigenvalue weighted by molar-refractivity contribution is 0.660. The highest BCUT2D eigenvalue weighted by Crippen LogP contribution is 2.52. The highest BCUT2D eigenvalue weighted by Gasteiger charge is 2.36. The summed E-state index contributed by atoms with van der Waals surface area (Å²) in [7, 11) is 0. The minimum Gasteiger partial charge on any atom is -0.453 e. The van der Waals surface area contributed by atoms with Crippen LogP contribution in [0.3, 0.4) is 0 Å². The summed E-state index contributed by atoms with van der Waals surface area (Å²) in [6, 6.07) is 59.3. The maximum absolute atomic E-state index is 7.16. The van der Waals surface area contributed by atoms with E-state index in [0.29, 0.717) is 0 Å². The quantitative estimate of drug-likeness (QED) is 0.193. The zero-order valence-electron chi connectivity index (χ0n) is 27.4. The molecular formula is C47H33NO. The molecule has 0 N–H and O–H groups in total. The van der Waals surface area contributed by atoms with E-state index < -0.39 is 0 Å². The highest BCUT2D eigenvalue weighted by atomic mass is 16.3. The van der Waals surface area contributed by atoms with Gasteiger partial charge in [0.1, 0.15) is 5.58 Å². The largest absolute Gasteiger partial charge is 0.453 e. The second kappa shape index (κ2) is 10.4. The van der Waals surface area contributed by atoms with E-state index in [4.69, 9.17) is 4.42 Å². The molecule has 0 atom stereocenters. The number of hydrogen-bond donors (Lipinski definition) is 0. The second-order valence-corrected chi connectivity index (χ2v) is 13.7. The van der Waals surface area contributed by atoms with E-state index in [2.05, 4.69) is 183 Å². The van der Waals surface area contributed by atoms with Crippen LogP contribution >= 0.6 is 0 Å². The van der Waals surface area contributed by atoms with Gasteiger partial charge in [-0.1, -0.05) is 135 Å². The molecule has 0 spiro atoms. The maximum atomic E-state index is 7.16. The van der Waals surface area contributed by atoms with Crippen molar-refractivity contribution in [2.24, 2.45) is 0 Å². The van der Waals surface area contributed by atoms with Crippen LogP contribution in [0.2, 0.25) is 0 Å². The van der Waals surface area contributed by atoms with Crippen molar-refractivity contribution in [3.05, 3.63) is 175 Å². The molecule has 0 fully saturated rings. The number of furan rings is 1. The number of benzene rings is 8. The van der Waals surface area contributed by atoms with Gasteiger partial charge in [-0.2, -0.15) is 0 Å². The first-order valence-electron chi connectivity index (χ1n) is 17.0. The molecule has 0 saturated carbocycles. The van der Waals surface area contributed by atoms with E-state index >= 15 is 0 Å². The Balaban J connectivity index is 1.24. The Morgan fingerprint density at radius 1 is 0.449 bits per heavy atom. The monoisotopic (exact) mass is 627 g/mol. The average Bonchev–Trinajstić information content (AvgIpc) is 3.63. The summed E-state index contributed by atoms with van der Waals surface area (Å²) in [6.07, 6.45) is 0. The van der Waals surface area contributed by atoms with Crippen LogP contribution in [-0.4, -0.2) is 0 Å². The van der Waals surface area contributed by atoms with Crippen molar-refractivity contribution < 1.29 is 4.42 Å². The Kier molecular flexibility index (Phi) is 5.95. The van der Waals surface area contributed by atoms with Gasteiger partial charge in [0, 0.05) is 33.1 Å². The molecule has 1 aromatic heterocycles. The van der Waals surface area contributed by atoms with Crippen LogP contribution in [0.25, 0.3) is 65.7 Å². The van der Waals surface area contributed by atoms with Gasteiger partial charge in [0.2, 0.25) is 0 Å². The van der Waals surface area contributed by atoms with Gasteiger partial charge in [0.15, 0.2) is 5.58 Å². The van der Waals surface area contributed by atoms with Crippen LogP contribution in [0.15, 0.2) is 168 Å². The first-order chi connectivity index (χ1) is 24.1. The summed E-state index contributed by atoms with van der Waals surface area (Å²) in [4.78, 5) is 2.36. The van der Waals surface area contributed by atoms with Crippen molar-refractivity contribution >= 4 is 60.5 Å². The third-order valence-corrected chi connectivity index (χ3v) is 10.6.